The number of carbonyl (C=O) groups is 2. The van der Waals surface area contributed by atoms with Gasteiger partial charge in [0.25, 0.3) is 5.91 Å². The highest BCUT2D eigenvalue weighted by Gasteiger charge is 2.25. The lowest BCUT2D eigenvalue weighted by atomic mass is 10.1. The highest BCUT2D eigenvalue weighted by Crippen LogP contribution is 2.33. The van der Waals surface area contributed by atoms with Gasteiger partial charge in [0.1, 0.15) is 0 Å². The minimum atomic E-state index is -1.11. The van der Waals surface area contributed by atoms with Crippen molar-refractivity contribution < 1.29 is 14.7 Å². The van der Waals surface area contributed by atoms with Gasteiger partial charge in [0.15, 0.2) is 10.7 Å². The van der Waals surface area contributed by atoms with E-state index >= 15 is 0 Å². The zero-order valence-corrected chi connectivity index (χ0v) is 10.3. The van der Waals surface area contributed by atoms with Gasteiger partial charge in [-0.3, -0.25) is 4.79 Å². The first-order valence-electron chi connectivity index (χ1n) is 5.56. The first-order valence-corrected chi connectivity index (χ1v) is 6.44. The molecule has 6 heteroatoms. The van der Waals surface area contributed by atoms with Crippen molar-refractivity contribution in [3.05, 3.63) is 16.1 Å². The van der Waals surface area contributed by atoms with Crippen LogP contribution in [0.3, 0.4) is 0 Å². The highest BCUT2D eigenvalue weighted by molar-refractivity contribution is 7.11. The molecule has 0 radical (unpaired) electrons. The maximum absolute atomic E-state index is 11.7. The minimum absolute atomic E-state index is 0.0741. The lowest BCUT2D eigenvalue weighted by molar-refractivity contribution is 0.0691. The summed E-state index contributed by atoms with van der Waals surface area (Å²) in [5, 5.41) is 13.1. The number of carbonyl (C=O) groups excluding carboxylic acids is 1. The molecular formula is C11H14N2O3S. The molecule has 1 amide bonds. The molecule has 1 saturated carbocycles. The van der Waals surface area contributed by atoms with Gasteiger partial charge in [-0.1, -0.05) is 12.8 Å². The lowest BCUT2D eigenvalue weighted by Gasteiger charge is -2.11. The molecule has 1 aliphatic rings. The molecule has 2 N–H and O–H groups in total. The molecule has 1 aromatic heterocycles. The number of hydrogen-bond donors (Lipinski definition) is 2. The van der Waals surface area contributed by atoms with Gasteiger partial charge in [-0.2, -0.15) is 0 Å². The summed E-state index contributed by atoms with van der Waals surface area (Å²) >= 11 is 1.06. The first kappa shape index (κ1) is 12.0. The fourth-order valence-corrected chi connectivity index (χ4v) is 2.37. The van der Waals surface area contributed by atoms with Crippen LogP contribution in [0.15, 0.2) is 5.38 Å². The van der Waals surface area contributed by atoms with E-state index in [4.69, 9.17) is 5.11 Å². The number of carboxylic acid groups (broad SMARTS) is 1. The van der Waals surface area contributed by atoms with E-state index in [-0.39, 0.29) is 22.7 Å². The van der Waals surface area contributed by atoms with Crippen molar-refractivity contribution in [1.29, 1.82) is 0 Å². The number of aromatic nitrogens is 1. The summed E-state index contributed by atoms with van der Waals surface area (Å²) in [6.07, 6.45) is 3.49. The van der Waals surface area contributed by atoms with E-state index in [0.717, 1.165) is 23.7 Å². The van der Waals surface area contributed by atoms with Gasteiger partial charge in [0.05, 0.1) is 0 Å². The Balaban J connectivity index is 1.91. The van der Waals surface area contributed by atoms with E-state index in [9.17, 15) is 9.59 Å². The third kappa shape index (κ3) is 3.26. The number of amides is 1. The summed E-state index contributed by atoms with van der Waals surface area (Å²) in [6.45, 7) is 1.96. The summed E-state index contributed by atoms with van der Waals surface area (Å²) < 4.78 is 0. The largest absolute Gasteiger partial charge is 0.476 e. The molecule has 1 fully saturated rings. The van der Waals surface area contributed by atoms with Crippen molar-refractivity contribution >= 4 is 23.2 Å². The smallest absolute Gasteiger partial charge is 0.355 e. The molecule has 17 heavy (non-hydrogen) atoms. The number of rotatable bonds is 5. The van der Waals surface area contributed by atoms with Crippen LogP contribution < -0.4 is 5.32 Å². The van der Waals surface area contributed by atoms with Crippen LogP contribution in [-0.2, 0) is 0 Å². The standard InChI is InChI=1S/C11H14N2O3S/c1-6(4-7-2-3-7)12-9(14)10-13-8(5-17-10)11(15)16/h5-7H,2-4H2,1H3,(H,12,14)(H,15,16). The van der Waals surface area contributed by atoms with Crippen LogP contribution in [0.4, 0.5) is 0 Å². The normalized spacial score (nSPS) is 16.5. The Labute approximate surface area is 103 Å². The summed E-state index contributed by atoms with van der Waals surface area (Å²) in [5.41, 5.74) is -0.0741. The van der Waals surface area contributed by atoms with E-state index < -0.39 is 5.97 Å². The summed E-state index contributed by atoms with van der Waals surface area (Å²) in [7, 11) is 0. The van der Waals surface area contributed by atoms with Crippen LogP contribution in [0.5, 0.6) is 0 Å². The molecule has 2 rings (SSSR count). The quantitative estimate of drug-likeness (QED) is 0.839. The second-order valence-corrected chi connectivity index (χ2v) is 5.25. The third-order valence-corrected chi connectivity index (χ3v) is 3.52. The molecule has 0 saturated heterocycles. The van der Waals surface area contributed by atoms with Crippen molar-refractivity contribution in [3.63, 3.8) is 0 Å². The second kappa shape index (κ2) is 4.83. The maximum atomic E-state index is 11.7. The minimum Gasteiger partial charge on any atom is -0.476 e. The van der Waals surface area contributed by atoms with Crippen LogP contribution in [0.25, 0.3) is 0 Å². The molecule has 1 unspecified atom stereocenters. The molecule has 1 aromatic rings. The Kier molecular flexibility index (Phi) is 3.42. The van der Waals surface area contributed by atoms with Crippen molar-refractivity contribution in [3.8, 4) is 0 Å². The van der Waals surface area contributed by atoms with Gasteiger partial charge in [-0.05, 0) is 19.3 Å². The van der Waals surface area contributed by atoms with Crippen LogP contribution >= 0.6 is 11.3 Å². The fourth-order valence-electron chi connectivity index (χ4n) is 1.67. The number of nitrogens with zero attached hydrogens (tertiary/aromatic N) is 1. The van der Waals surface area contributed by atoms with Gasteiger partial charge < -0.3 is 10.4 Å². The van der Waals surface area contributed by atoms with E-state index in [1.54, 1.807) is 0 Å². The zero-order valence-electron chi connectivity index (χ0n) is 9.47. The SMILES string of the molecule is CC(CC1CC1)NC(=O)c1nc(C(=O)O)cs1. The van der Waals surface area contributed by atoms with E-state index in [1.165, 1.54) is 18.2 Å². The van der Waals surface area contributed by atoms with Crippen molar-refractivity contribution in [1.82, 2.24) is 10.3 Å². The molecule has 1 heterocycles. The molecule has 0 spiro atoms. The van der Waals surface area contributed by atoms with Gasteiger partial charge in [-0.25, -0.2) is 9.78 Å². The highest BCUT2D eigenvalue weighted by atomic mass is 32.1. The van der Waals surface area contributed by atoms with Gasteiger partial charge in [-0.15, -0.1) is 11.3 Å². The Hall–Kier alpha value is -1.43. The average molecular weight is 254 g/mol. The number of nitrogens with one attached hydrogen (secondary N) is 1. The number of thiazole rings is 1. The van der Waals surface area contributed by atoms with Crippen LogP contribution in [-0.4, -0.2) is 28.0 Å². The van der Waals surface area contributed by atoms with E-state index in [2.05, 4.69) is 10.3 Å². The van der Waals surface area contributed by atoms with Crippen molar-refractivity contribution in [2.75, 3.05) is 0 Å². The molecule has 92 valence electrons. The third-order valence-electron chi connectivity index (χ3n) is 2.68. The number of carboxylic acids is 1. The molecular weight excluding hydrogens is 240 g/mol. The average Bonchev–Trinajstić information content (AvgIpc) is 2.92. The monoisotopic (exact) mass is 254 g/mol. The van der Waals surface area contributed by atoms with Gasteiger partial charge in [0, 0.05) is 11.4 Å². The summed E-state index contributed by atoms with van der Waals surface area (Å²) in [6, 6.07) is 0.118. The number of hydrogen-bond acceptors (Lipinski definition) is 4. The number of aromatic carboxylic acids is 1. The molecule has 5 nitrogen and oxygen atoms in total. The van der Waals surface area contributed by atoms with Crippen molar-refractivity contribution in [2.24, 2.45) is 5.92 Å². The summed E-state index contributed by atoms with van der Waals surface area (Å²) in [5.74, 6) is -0.641. The molecule has 0 aromatic carbocycles. The van der Waals surface area contributed by atoms with Crippen molar-refractivity contribution in [2.45, 2.75) is 32.2 Å². The summed E-state index contributed by atoms with van der Waals surface area (Å²) in [4.78, 5) is 26.1. The fraction of sp³-hybridized carbons (Fsp3) is 0.545. The predicted molar refractivity (Wildman–Crippen MR) is 63.3 cm³/mol. The first-order chi connectivity index (χ1) is 8.06. The van der Waals surface area contributed by atoms with Crippen LogP contribution in [0.1, 0.15) is 46.5 Å². The Morgan fingerprint density at radius 1 is 1.65 bits per heavy atom. The Morgan fingerprint density at radius 3 is 2.88 bits per heavy atom. The van der Waals surface area contributed by atoms with Crippen LogP contribution in [0, 0.1) is 5.92 Å². The molecule has 0 bridgehead atoms. The zero-order chi connectivity index (χ0) is 12.4. The van der Waals surface area contributed by atoms with Crippen LogP contribution in [0.2, 0.25) is 0 Å². The van der Waals surface area contributed by atoms with E-state index in [1.807, 2.05) is 6.92 Å². The topological polar surface area (TPSA) is 79.3 Å². The second-order valence-electron chi connectivity index (χ2n) is 4.40. The molecule has 1 atom stereocenters. The van der Waals surface area contributed by atoms with Gasteiger partial charge >= 0.3 is 5.97 Å². The Bertz CT molecular complexity index is 440. The van der Waals surface area contributed by atoms with Gasteiger partial charge in [0.2, 0.25) is 0 Å². The maximum Gasteiger partial charge on any atom is 0.355 e. The van der Waals surface area contributed by atoms with E-state index in [0.29, 0.717) is 0 Å². The molecule has 1 aliphatic carbocycles. The molecule has 0 aliphatic heterocycles. The lowest BCUT2D eigenvalue weighted by Crippen LogP contribution is -2.32. The predicted octanol–water partition coefficient (Wildman–Crippen LogP) is 1.76. The Morgan fingerprint density at radius 2 is 2.35 bits per heavy atom.